The molecule has 0 unspecified atom stereocenters. The Labute approximate surface area is 144 Å². The van der Waals surface area contributed by atoms with Crippen molar-refractivity contribution < 1.29 is 27.4 Å². The van der Waals surface area contributed by atoms with Crippen LogP contribution in [-0.2, 0) is 6.61 Å². The fourth-order valence-corrected chi connectivity index (χ4v) is 2.39. The number of rotatable bonds is 7. The van der Waals surface area contributed by atoms with Crippen LogP contribution in [0.25, 0.3) is 0 Å². The molecule has 136 valence electrons. The van der Waals surface area contributed by atoms with Crippen molar-refractivity contribution >= 4 is 0 Å². The summed E-state index contributed by atoms with van der Waals surface area (Å²) in [7, 11) is 2.84. The predicted octanol–water partition coefficient (Wildman–Crippen LogP) is 4.24. The molecule has 0 radical (unpaired) electrons. The third kappa shape index (κ3) is 5.29. The molecule has 2 aromatic carbocycles. The molecule has 0 amide bonds. The summed E-state index contributed by atoms with van der Waals surface area (Å²) < 4.78 is 54.2. The molecule has 2 N–H and O–H groups in total. The zero-order chi connectivity index (χ0) is 18.4. The first-order valence-electron chi connectivity index (χ1n) is 7.59. The van der Waals surface area contributed by atoms with E-state index in [1.54, 1.807) is 0 Å². The van der Waals surface area contributed by atoms with Crippen molar-refractivity contribution in [1.29, 1.82) is 0 Å². The van der Waals surface area contributed by atoms with Crippen LogP contribution in [0.3, 0.4) is 0 Å². The molecular weight excluding hydrogens is 335 g/mol. The van der Waals surface area contributed by atoms with Gasteiger partial charge in [0.05, 0.1) is 20.6 Å². The lowest BCUT2D eigenvalue weighted by molar-refractivity contribution is -0.138. The molecule has 0 saturated carbocycles. The molecule has 4 nitrogen and oxygen atoms in total. The Morgan fingerprint density at radius 1 is 0.960 bits per heavy atom. The van der Waals surface area contributed by atoms with E-state index in [4.69, 9.17) is 19.9 Å². The van der Waals surface area contributed by atoms with Crippen molar-refractivity contribution in [2.24, 2.45) is 5.73 Å². The Kier molecular flexibility index (Phi) is 6.14. The summed E-state index contributed by atoms with van der Waals surface area (Å²) in [5.74, 6) is 0.883. The number of benzene rings is 2. The fraction of sp³-hybridized carbons (Fsp3) is 0.333. The summed E-state index contributed by atoms with van der Waals surface area (Å²) in [6, 6.07) is 10.9. The molecule has 0 aliphatic rings. The molecular formula is C18H20F3NO3. The minimum absolute atomic E-state index is 0.196. The standard InChI is InChI=1S/C18H20F3NO3/c1-23-16-8-13(14(22)10-18(19,20)21)15(9-17(16)24-2)25-11-12-6-4-3-5-7-12/h3-9,14H,10-11,22H2,1-2H3/t14-/m1/s1. The lowest BCUT2D eigenvalue weighted by Crippen LogP contribution is -2.21. The van der Waals surface area contributed by atoms with Crippen LogP contribution in [0.4, 0.5) is 13.2 Å². The van der Waals surface area contributed by atoms with E-state index in [1.807, 2.05) is 30.3 Å². The van der Waals surface area contributed by atoms with Gasteiger partial charge in [0.25, 0.3) is 0 Å². The third-order valence-electron chi connectivity index (χ3n) is 3.60. The molecule has 0 aliphatic carbocycles. The average molecular weight is 355 g/mol. The van der Waals surface area contributed by atoms with Crippen LogP contribution in [0, 0.1) is 0 Å². The number of methoxy groups -OCH3 is 2. The first-order valence-corrected chi connectivity index (χ1v) is 7.59. The van der Waals surface area contributed by atoms with E-state index in [0.717, 1.165) is 5.56 Å². The van der Waals surface area contributed by atoms with Crippen molar-refractivity contribution in [2.75, 3.05) is 14.2 Å². The topological polar surface area (TPSA) is 53.7 Å². The molecule has 0 aliphatic heterocycles. The van der Waals surface area contributed by atoms with Gasteiger partial charge in [0.2, 0.25) is 0 Å². The molecule has 0 bridgehead atoms. The maximum absolute atomic E-state index is 12.7. The zero-order valence-electron chi connectivity index (χ0n) is 14.0. The first-order chi connectivity index (χ1) is 11.8. The quantitative estimate of drug-likeness (QED) is 0.807. The van der Waals surface area contributed by atoms with Crippen molar-refractivity contribution in [3.63, 3.8) is 0 Å². The van der Waals surface area contributed by atoms with Gasteiger partial charge in [-0.1, -0.05) is 30.3 Å². The molecule has 25 heavy (non-hydrogen) atoms. The Balaban J connectivity index is 2.33. The van der Waals surface area contributed by atoms with Crippen molar-refractivity contribution in [3.05, 3.63) is 53.6 Å². The summed E-state index contributed by atoms with van der Waals surface area (Å²) >= 11 is 0. The molecule has 0 aromatic heterocycles. The highest BCUT2D eigenvalue weighted by atomic mass is 19.4. The van der Waals surface area contributed by atoms with E-state index in [9.17, 15) is 13.2 Å². The highest BCUT2D eigenvalue weighted by Crippen LogP contribution is 2.40. The molecule has 0 fully saturated rings. The van der Waals surface area contributed by atoms with E-state index in [1.165, 1.54) is 26.4 Å². The predicted molar refractivity (Wildman–Crippen MR) is 87.9 cm³/mol. The van der Waals surface area contributed by atoms with Crippen molar-refractivity contribution in [3.8, 4) is 17.2 Å². The maximum atomic E-state index is 12.7. The minimum atomic E-state index is -4.39. The molecule has 7 heteroatoms. The third-order valence-corrected chi connectivity index (χ3v) is 3.60. The molecule has 1 atom stereocenters. The van der Waals surface area contributed by atoms with Gasteiger partial charge in [-0.2, -0.15) is 13.2 Å². The number of hydrogen-bond acceptors (Lipinski definition) is 4. The number of hydrogen-bond donors (Lipinski definition) is 1. The van der Waals surface area contributed by atoms with Crippen molar-refractivity contribution in [2.45, 2.75) is 25.2 Å². The van der Waals surface area contributed by atoms with E-state index in [0.29, 0.717) is 11.5 Å². The van der Waals surface area contributed by atoms with Gasteiger partial charge in [-0.05, 0) is 11.6 Å². The Morgan fingerprint density at radius 2 is 1.56 bits per heavy atom. The van der Waals surface area contributed by atoms with Crippen molar-refractivity contribution in [1.82, 2.24) is 0 Å². The normalized spacial score (nSPS) is 12.6. The van der Waals surface area contributed by atoms with Crippen LogP contribution in [0.5, 0.6) is 17.2 Å². The van der Waals surface area contributed by atoms with Crippen LogP contribution in [-0.4, -0.2) is 20.4 Å². The average Bonchev–Trinajstić information content (AvgIpc) is 2.58. The zero-order valence-corrected chi connectivity index (χ0v) is 14.0. The van der Waals surface area contributed by atoms with Gasteiger partial charge in [-0.3, -0.25) is 0 Å². The summed E-state index contributed by atoms with van der Waals surface area (Å²) in [6.07, 6.45) is -5.55. The van der Waals surface area contributed by atoms with Gasteiger partial charge in [-0.15, -0.1) is 0 Å². The van der Waals surface area contributed by atoms with E-state index in [2.05, 4.69) is 0 Å². The Hall–Kier alpha value is -2.41. The van der Waals surface area contributed by atoms with Gasteiger partial charge in [0.1, 0.15) is 12.4 Å². The van der Waals surface area contributed by atoms with Gasteiger partial charge in [0, 0.05) is 17.7 Å². The van der Waals surface area contributed by atoms with Crippen LogP contribution in [0.15, 0.2) is 42.5 Å². The largest absolute Gasteiger partial charge is 0.493 e. The van der Waals surface area contributed by atoms with Gasteiger partial charge >= 0.3 is 6.18 Å². The lowest BCUT2D eigenvalue weighted by Gasteiger charge is -2.20. The van der Waals surface area contributed by atoms with Crippen LogP contribution >= 0.6 is 0 Å². The first kappa shape index (κ1) is 18.9. The SMILES string of the molecule is COc1cc(OCc2ccccc2)c([C@H](N)CC(F)(F)F)cc1OC. The smallest absolute Gasteiger partial charge is 0.390 e. The molecule has 0 heterocycles. The van der Waals surface area contributed by atoms with Gasteiger partial charge < -0.3 is 19.9 Å². The second-order valence-corrected chi connectivity index (χ2v) is 5.45. The summed E-state index contributed by atoms with van der Waals surface area (Å²) in [5, 5.41) is 0. The summed E-state index contributed by atoms with van der Waals surface area (Å²) in [4.78, 5) is 0. The number of halogens is 3. The second kappa shape index (κ2) is 8.11. The van der Waals surface area contributed by atoms with Crippen LogP contribution in [0.1, 0.15) is 23.6 Å². The Bertz CT molecular complexity index is 690. The van der Waals surface area contributed by atoms with Gasteiger partial charge in [0.15, 0.2) is 11.5 Å². The highest BCUT2D eigenvalue weighted by molar-refractivity contribution is 5.52. The minimum Gasteiger partial charge on any atom is -0.493 e. The van der Waals surface area contributed by atoms with Gasteiger partial charge in [-0.25, -0.2) is 0 Å². The molecule has 0 saturated heterocycles. The van der Waals surface area contributed by atoms with E-state index in [-0.39, 0.29) is 17.9 Å². The van der Waals surface area contributed by atoms with E-state index >= 15 is 0 Å². The molecule has 2 rings (SSSR count). The summed E-state index contributed by atoms with van der Waals surface area (Å²) in [6.45, 7) is 0.196. The second-order valence-electron chi connectivity index (χ2n) is 5.45. The maximum Gasteiger partial charge on any atom is 0.390 e. The van der Waals surface area contributed by atoms with Crippen LogP contribution in [0.2, 0.25) is 0 Å². The lowest BCUT2D eigenvalue weighted by atomic mass is 10.0. The highest BCUT2D eigenvalue weighted by Gasteiger charge is 2.32. The molecule has 2 aromatic rings. The van der Waals surface area contributed by atoms with E-state index < -0.39 is 18.6 Å². The summed E-state index contributed by atoms with van der Waals surface area (Å²) in [5.41, 5.74) is 6.87. The number of alkyl halides is 3. The number of ether oxygens (including phenoxy) is 3. The fourth-order valence-electron chi connectivity index (χ4n) is 2.39. The molecule has 0 spiro atoms. The number of nitrogens with two attached hydrogens (primary N) is 1. The van der Waals surface area contributed by atoms with Crippen LogP contribution < -0.4 is 19.9 Å². The Morgan fingerprint density at radius 3 is 2.12 bits per heavy atom. The monoisotopic (exact) mass is 355 g/mol.